The maximum Gasteiger partial charge on any atom is 0.254 e. The van der Waals surface area contributed by atoms with E-state index in [2.05, 4.69) is 5.32 Å². The van der Waals surface area contributed by atoms with E-state index in [1.54, 1.807) is 37.3 Å². The Hall–Kier alpha value is -3.84. The first-order chi connectivity index (χ1) is 17.2. The van der Waals surface area contributed by atoms with Crippen LogP contribution in [0.3, 0.4) is 0 Å². The zero-order valence-corrected chi connectivity index (χ0v) is 21.4. The van der Waals surface area contributed by atoms with Crippen molar-refractivity contribution in [3.8, 4) is 11.5 Å². The van der Waals surface area contributed by atoms with E-state index in [0.29, 0.717) is 48.8 Å². The van der Waals surface area contributed by atoms with Gasteiger partial charge < -0.3 is 25.4 Å². The topological polar surface area (TPSA) is 93.9 Å². The van der Waals surface area contributed by atoms with Crippen LogP contribution in [0.5, 0.6) is 11.5 Å². The molecule has 2 amide bonds. The number of rotatable bonds is 11. The minimum Gasteiger partial charge on any atom is -0.493 e. The molecule has 0 saturated carbocycles. The van der Waals surface area contributed by atoms with Gasteiger partial charge in [0.15, 0.2) is 11.5 Å². The Bertz CT molecular complexity index is 1180. The molecule has 0 radical (unpaired) electrons. The second kappa shape index (κ2) is 12.2. The molecule has 0 heterocycles. The van der Waals surface area contributed by atoms with E-state index in [1.807, 2.05) is 68.4 Å². The van der Waals surface area contributed by atoms with Gasteiger partial charge in [-0.05, 0) is 53.4 Å². The standard InChI is InChI=1S/C29H35N3O4/c1-29(2,19-30)20-32(28(34)23-13-14-25(35-3)26(17-23)36-4)18-22-11-8-12-24(15-22)31-27(33)16-21-9-6-5-7-10-21/h5-15,17H,16,18-20,30H2,1-4H3,(H,31,33). The van der Waals surface area contributed by atoms with Crippen LogP contribution < -0.4 is 20.5 Å². The summed E-state index contributed by atoms with van der Waals surface area (Å²) in [6, 6.07) is 22.3. The van der Waals surface area contributed by atoms with Crippen LogP contribution in [0.4, 0.5) is 5.69 Å². The van der Waals surface area contributed by atoms with Gasteiger partial charge in [-0.2, -0.15) is 0 Å². The fourth-order valence-electron chi connectivity index (χ4n) is 3.89. The van der Waals surface area contributed by atoms with E-state index >= 15 is 0 Å². The van der Waals surface area contributed by atoms with Crippen LogP contribution in [0.25, 0.3) is 0 Å². The minimum absolute atomic E-state index is 0.0964. The Morgan fingerprint density at radius 2 is 1.58 bits per heavy atom. The van der Waals surface area contributed by atoms with Crippen molar-refractivity contribution >= 4 is 17.5 Å². The maximum atomic E-state index is 13.6. The third kappa shape index (κ3) is 7.33. The van der Waals surface area contributed by atoms with E-state index in [-0.39, 0.29) is 17.2 Å². The highest BCUT2D eigenvalue weighted by Gasteiger charge is 2.26. The molecule has 3 aromatic rings. The number of ether oxygens (including phenoxy) is 2. The van der Waals surface area contributed by atoms with Gasteiger partial charge >= 0.3 is 0 Å². The van der Waals surface area contributed by atoms with E-state index in [0.717, 1.165) is 11.1 Å². The highest BCUT2D eigenvalue weighted by molar-refractivity contribution is 5.95. The predicted molar refractivity (Wildman–Crippen MR) is 142 cm³/mol. The van der Waals surface area contributed by atoms with E-state index in [4.69, 9.17) is 15.2 Å². The van der Waals surface area contributed by atoms with Crippen molar-refractivity contribution in [2.45, 2.75) is 26.8 Å². The quantitative estimate of drug-likeness (QED) is 0.413. The third-order valence-electron chi connectivity index (χ3n) is 5.88. The predicted octanol–water partition coefficient (Wildman–Crippen LogP) is 4.51. The van der Waals surface area contributed by atoms with Crippen LogP contribution >= 0.6 is 0 Å². The largest absolute Gasteiger partial charge is 0.493 e. The number of carbonyl (C=O) groups excluding carboxylic acids is 2. The lowest BCUT2D eigenvalue weighted by Gasteiger charge is -2.32. The van der Waals surface area contributed by atoms with Gasteiger partial charge in [0.25, 0.3) is 5.91 Å². The fourth-order valence-corrected chi connectivity index (χ4v) is 3.89. The summed E-state index contributed by atoms with van der Waals surface area (Å²) in [5.74, 6) is 0.809. The Labute approximate surface area is 213 Å². The second-order valence-corrected chi connectivity index (χ2v) is 9.51. The molecule has 7 nitrogen and oxygen atoms in total. The normalized spacial score (nSPS) is 11.0. The van der Waals surface area contributed by atoms with Gasteiger partial charge in [0.1, 0.15) is 0 Å². The average Bonchev–Trinajstić information content (AvgIpc) is 2.88. The SMILES string of the molecule is COc1ccc(C(=O)N(Cc2cccc(NC(=O)Cc3ccccc3)c2)CC(C)(C)CN)cc1OC. The van der Waals surface area contributed by atoms with Crippen LogP contribution in [-0.2, 0) is 17.8 Å². The Morgan fingerprint density at radius 1 is 0.889 bits per heavy atom. The number of anilines is 1. The van der Waals surface area contributed by atoms with Gasteiger partial charge in [-0.3, -0.25) is 9.59 Å². The van der Waals surface area contributed by atoms with Crippen LogP contribution in [0.1, 0.15) is 35.3 Å². The van der Waals surface area contributed by atoms with Crippen LogP contribution in [0, 0.1) is 5.41 Å². The number of hydrogen-bond donors (Lipinski definition) is 2. The molecular formula is C29H35N3O4. The molecule has 3 rings (SSSR count). The summed E-state index contributed by atoms with van der Waals surface area (Å²) in [7, 11) is 3.10. The van der Waals surface area contributed by atoms with Crippen LogP contribution in [0.2, 0.25) is 0 Å². The van der Waals surface area contributed by atoms with Crippen molar-refractivity contribution in [1.29, 1.82) is 0 Å². The summed E-state index contributed by atoms with van der Waals surface area (Å²) in [5.41, 5.74) is 8.73. The van der Waals surface area contributed by atoms with Crippen molar-refractivity contribution in [2.75, 3.05) is 32.6 Å². The highest BCUT2D eigenvalue weighted by Crippen LogP contribution is 2.29. The lowest BCUT2D eigenvalue weighted by molar-refractivity contribution is -0.115. The van der Waals surface area contributed by atoms with E-state index < -0.39 is 0 Å². The zero-order valence-electron chi connectivity index (χ0n) is 21.4. The van der Waals surface area contributed by atoms with Crippen molar-refractivity contribution in [1.82, 2.24) is 4.90 Å². The van der Waals surface area contributed by atoms with Gasteiger partial charge in [-0.15, -0.1) is 0 Å². The van der Waals surface area contributed by atoms with Crippen molar-refractivity contribution in [2.24, 2.45) is 11.1 Å². The van der Waals surface area contributed by atoms with E-state index in [9.17, 15) is 9.59 Å². The number of nitrogens with two attached hydrogens (primary N) is 1. The first kappa shape index (κ1) is 26.8. The van der Waals surface area contributed by atoms with Gasteiger partial charge in [-0.25, -0.2) is 0 Å². The average molecular weight is 490 g/mol. The number of nitrogens with one attached hydrogen (secondary N) is 1. The van der Waals surface area contributed by atoms with Crippen molar-refractivity contribution in [3.05, 3.63) is 89.5 Å². The van der Waals surface area contributed by atoms with Gasteiger partial charge in [-0.1, -0.05) is 56.3 Å². The first-order valence-electron chi connectivity index (χ1n) is 11.9. The molecule has 0 bridgehead atoms. The zero-order chi connectivity index (χ0) is 26.1. The summed E-state index contributed by atoms with van der Waals surface area (Å²) < 4.78 is 10.7. The van der Waals surface area contributed by atoms with Crippen LogP contribution in [-0.4, -0.2) is 44.0 Å². The molecule has 3 N–H and O–H groups in total. The van der Waals surface area contributed by atoms with Crippen molar-refractivity contribution < 1.29 is 19.1 Å². The molecule has 36 heavy (non-hydrogen) atoms. The number of carbonyl (C=O) groups is 2. The first-order valence-corrected chi connectivity index (χ1v) is 11.9. The third-order valence-corrected chi connectivity index (χ3v) is 5.88. The summed E-state index contributed by atoms with van der Waals surface area (Å²) in [5, 5.41) is 2.96. The maximum absolute atomic E-state index is 13.6. The number of hydrogen-bond acceptors (Lipinski definition) is 5. The summed E-state index contributed by atoms with van der Waals surface area (Å²) in [6.45, 7) is 5.31. The highest BCUT2D eigenvalue weighted by atomic mass is 16.5. The monoisotopic (exact) mass is 489 g/mol. The molecule has 190 valence electrons. The minimum atomic E-state index is -0.284. The Morgan fingerprint density at radius 3 is 2.25 bits per heavy atom. The molecule has 0 spiro atoms. The number of methoxy groups -OCH3 is 2. The van der Waals surface area contributed by atoms with Crippen molar-refractivity contribution in [3.63, 3.8) is 0 Å². The molecule has 0 unspecified atom stereocenters. The molecule has 7 heteroatoms. The number of benzene rings is 3. The molecule has 0 aromatic heterocycles. The van der Waals surface area contributed by atoms with Crippen LogP contribution in [0.15, 0.2) is 72.8 Å². The van der Waals surface area contributed by atoms with Gasteiger partial charge in [0.2, 0.25) is 5.91 Å². The number of amides is 2. The van der Waals surface area contributed by atoms with E-state index in [1.165, 1.54) is 0 Å². The molecule has 0 atom stereocenters. The summed E-state index contributed by atoms with van der Waals surface area (Å²) >= 11 is 0. The van der Waals surface area contributed by atoms with Gasteiger partial charge in [0.05, 0.1) is 20.6 Å². The van der Waals surface area contributed by atoms with Gasteiger partial charge in [0, 0.05) is 24.3 Å². The summed E-state index contributed by atoms with van der Waals surface area (Å²) in [6.07, 6.45) is 0.291. The lowest BCUT2D eigenvalue weighted by Crippen LogP contribution is -2.41. The number of nitrogens with zero attached hydrogens (tertiary/aromatic N) is 1. The molecule has 0 fully saturated rings. The summed E-state index contributed by atoms with van der Waals surface area (Å²) in [4.78, 5) is 27.9. The molecule has 0 aliphatic heterocycles. The Balaban J connectivity index is 1.80. The second-order valence-electron chi connectivity index (χ2n) is 9.51. The smallest absolute Gasteiger partial charge is 0.254 e. The molecule has 3 aromatic carbocycles. The molecule has 0 aliphatic carbocycles. The fraction of sp³-hybridized carbons (Fsp3) is 0.310. The lowest BCUT2D eigenvalue weighted by atomic mass is 9.92. The molecule has 0 saturated heterocycles. The molecule has 0 aliphatic rings. The molecular weight excluding hydrogens is 454 g/mol. The Kier molecular flexibility index (Phi) is 9.08.